The Morgan fingerprint density at radius 2 is 1.94 bits per heavy atom. The Kier molecular flexibility index (Phi) is 4.11. The molecule has 1 aromatic heterocycles. The van der Waals surface area contributed by atoms with Crippen molar-refractivity contribution >= 4 is 21.4 Å². The van der Waals surface area contributed by atoms with E-state index in [9.17, 15) is 8.42 Å². The van der Waals surface area contributed by atoms with Gasteiger partial charge in [-0.05, 0) is 32.4 Å². The number of aryl methyl sites for hydroxylation is 1. The second-order valence-electron chi connectivity index (χ2n) is 4.87. The smallest absolute Gasteiger partial charge is 0.252 e. The first-order chi connectivity index (χ1) is 8.43. The molecule has 0 aliphatic carbocycles. The van der Waals surface area contributed by atoms with Crippen molar-refractivity contribution in [1.29, 1.82) is 0 Å². The van der Waals surface area contributed by atoms with Crippen molar-refractivity contribution in [2.45, 2.75) is 43.5 Å². The quantitative estimate of drug-likeness (QED) is 0.920. The molecule has 102 valence electrons. The summed E-state index contributed by atoms with van der Waals surface area (Å²) < 4.78 is 27.1. The average molecular weight is 288 g/mol. The number of nitrogens with zero attached hydrogens (tertiary/aromatic N) is 1. The molecule has 0 saturated carbocycles. The van der Waals surface area contributed by atoms with Crippen molar-refractivity contribution in [2.75, 3.05) is 13.1 Å². The van der Waals surface area contributed by atoms with E-state index in [1.807, 2.05) is 26.8 Å². The fourth-order valence-corrected chi connectivity index (χ4v) is 5.35. The molecule has 1 saturated heterocycles. The molecule has 0 bridgehead atoms. The maximum atomic E-state index is 12.5. The van der Waals surface area contributed by atoms with Crippen LogP contribution in [0.2, 0.25) is 0 Å². The van der Waals surface area contributed by atoms with E-state index in [1.165, 1.54) is 11.3 Å². The highest BCUT2D eigenvalue weighted by Crippen LogP contribution is 2.26. The lowest BCUT2D eigenvalue weighted by Gasteiger charge is -2.34. The number of piperazine rings is 1. The molecule has 1 N–H and O–H groups in total. The Morgan fingerprint density at radius 3 is 2.44 bits per heavy atom. The van der Waals surface area contributed by atoms with Crippen LogP contribution in [0.25, 0.3) is 0 Å². The Hall–Kier alpha value is -0.430. The molecule has 6 heteroatoms. The molecule has 1 aromatic rings. The maximum Gasteiger partial charge on any atom is 0.252 e. The first-order valence-corrected chi connectivity index (χ1v) is 8.54. The second kappa shape index (κ2) is 5.28. The van der Waals surface area contributed by atoms with Gasteiger partial charge in [-0.2, -0.15) is 4.31 Å². The van der Waals surface area contributed by atoms with Crippen molar-refractivity contribution < 1.29 is 8.42 Å². The Labute approximate surface area is 113 Å². The van der Waals surface area contributed by atoms with Gasteiger partial charge in [-0.1, -0.05) is 6.92 Å². The Morgan fingerprint density at radius 1 is 1.33 bits per heavy atom. The fraction of sp³-hybridized carbons (Fsp3) is 0.667. The van der Waals surface area contributed by atoms with Crippen LogP contribution in [0.1, 0.15) is 25.6 Å². The Balaban J connectivity index is 2.25. The highest BCUT2D eigenvalue weighted by Gasteiger charge is 2.32. The molecule has 1 aliphatic heterocycles. The summed E-state index contributed by atoms with van der Waals surface area (Å²) >= 11 is 1.39. The lowest BCUT2D eigenvalue weighted by molar-refractivity contribution is 0.263. The summed E-state index contributed by atoms with van der Waals surface area (Å²) in [6.45, 7) is 7.17. The van der Waals surface area contributed by atoms with Gasteiger partial charge in [-0.25, -0.2) is 8.42 Å². The van der Waals surface area contributed by atoms with Crippen molar-refractivity contribution in [3.8, 4) is 0 Å². The van der Waals surface area contributed by atoms with Crippen molar-refractivity contribution in [1.82, 2.24) is 9.62 Å². The summed E-state index contributed by atoms with van der Waals surface area (Å²) in [6.07, 6.45) is 0.883. The predicted octanol–water partition coefficient (Wildman–Crippen LogP) is 1.68. The first-order valence-electron chi connectivity index (χ1n) is 6.28. The number of hydrogen-bond donors (Lipinski definition) is 1. The molecule has 2 unspecified atom stereocenters. The van der Waals surface area contributed by atoms with Crippen LogP contribution in [0.4, 0.5) is 0 Å². The molecule has 0 spiro atoms. The molecule has 2 rings (SSSR count). The summed E-state index contributed by atoms with van der Waals surface area (Å²) in [5, 5.41) is 3.35. The zero-order valence-corrected chi connectivity index (χ0v) is 12.6. The third kappa shape index (κ3) is 2.77. The second-order valence-corrected chi connectivity index (χ2v) is 8.20. The SMILES string of the molecule is CCc1ccc(S(=O)(=O)N2CC(C)NC(C)C2)s1. The van der Waals surface area contributed by atoms with Gasteiger partial charge < -0.3 is 5.32 Å². The third-order valence-corrected chi connectivity index (χ3v) is 6.63. The van der Waals surface area contributed by atoms with Crippen molar-refractivity contribution in [2.24, 2.45) is 0 Å². The van der Waals surface area contributed by atoms with E-state index in [1.54, 1.807) is 10.4 Å². The van der Waals surface area contributed by atoms with Gasteiger partial charge in [-0.15, -0.1) is 11.3 Å². The number of rotatable bonds is 3. The lowest BCUT2D eigenvalue weighted by Crippen LogP contribution is -2.55. The van der Waals surface area contributed by atoms with E-state index in [4.69, 9.17) is 0 Å². The van der Waals surface area contributed by atoms with E-state index in [2.05, 4.69) is 5.32 Å². The van der Waals surface area contributed by atoms with E-state index < -0.39 is 10.0 Å². The van der Waals surface area contributed by atoms with Gasteiger partial charge >= 0.3 is 0 Å². The summed E-state index contributed by atoms with van der Waals surface area (Å²) in [7, 11) is -3.31. The maximum absolute atomic E-state index is 12.5. The molecule has 0 aromatic carbocycles. The topological polar surface area (TPSA) is 49.4 Å². The summed E-state index contributed by atoms with van der Waals surface area (Å²) in [6, 6.07) is 4.05. The number of sulfonamides is 1. The zero-order chi connectivity index (χ0) is 13.3. The van der Waals surface area contributed by atoms with Crippen molar-refractivity contribution in [3.63, 3.8) is 0 Å². The van der Waals surface area contributed by atoms with Crippen LogP contribution in [-0.2, 0) is 16.4 Å². The number of thiophene rings is 1. The molecular formula is C12H20N2O2S2. The van der Waals surface area contributed by atoms with Gasteiger partial charge in [0.05, 0.1) is 0 Å². The van der Waals surface area contributed by atoms with Gasteiger partial charge in [0.15, 0.2) is 0 Å². The zero-order valence-electron chi connectivity index (χ0n) is 11.0. The van der Waals surface area contributed by atoms with Crippen molar-refractivity contribution in [3.05, 3.63) is 17.0 Å². The van der Waals surface area contributed by atoms with Gasteiger partial charge in [-0.3, -0.25) is 0 Å². The van der Waals surface area contributed by atoms with Gasteiger partial charge in [0.25, 0.3) is 10.0 Å². The van der Waals surface area contributed by atoms with E-state index in [0.29, 0.717) is 17.3 Å². The molecule has 4 nitrogen and oxygen atoms in total. The molecule has 1 aliphatic rings. The molecule has 1 fully saturated rings. The standard InChI is InChI=1S/C12H20N2O2S2/c1-4-11-5-6-12(17-11)18(15,16)14-7-9(2)13-10(3)8-14/h5-6,9-10,13H,4,7-8H2,1-3H3. The minimum atomic E-state index is -3.31. The third-order valence-electron chi connectivity index (χ3n) is 3.10. The summed E-state index contributed by atoms with van der Waals surface area (Å²) in [5.41, 5.74) is 0. The predicted molar refractivity (Wildman–Crippen MR) is 74.5 cm³/mol. The highest BCUT2D eigenvalue weighted by atomic mass is 32.2. The molecule has 0 radical (unpaired) electrons. The molecule has 2 heterocycles. The average Bonchev–Trinajstić information content (AvgIpc) is 2.76. The van der Waals surface area contributed by atoms with Crippen LogP contribution in [0.3, 0.4) is 0 Å². The van der Waals surface area contributed by atoms with E-state index in [-0.39, 0.29) is 12.1 Å². The van der Waals surface area contributed by atoms with Crippen LogP contribution in [0.15, 0.2) is 16.3 Å². The normalized spacial score (nSPS) is 26.4. The summed E-state index contributed by atoms with van der Waals surface area (Å²) in [4.78, 5) is 1.12. The van der Waals surface area contributed by atoms with E-state index >= 15 is 0 Å². The Bertz CT molecular complexity index is 500. The lowest BCUT2D eigenvalue weighted by atomic mass is 10.2. The van der Waals surface area contributed by atoms with Gasteiger partial charge in [0.1, 0.15) is 4.21 Å². The number of nitrogens with one attached hydrogen (secondary N) is 1. The number of hydrogen-bond acceptors (Lipinski definition) is 4. The first kappa shape index (κ1) is 14.0. The van der Waals surface area contributed by atoms with Crippen LogP contribution >= 0.6 is 11.3 Å². The minimum absolute atomic E-state index is 0.203. The fourth-order valence-electron chi connectivity index (χ4n) is 2.29. The summed E-state index contributed by atoms with van der Waals surface area (Å²) in [5.74, 6) is 0. The van der Waals surface area contributed by atoms with Crippen LogP contribution in [0, 0.1) is 0 Å². The molecule has 18 heavy (non-hydrogen) atoms. The molecule has 0 amide bonds. The van der Waals surface area contributed by atoms with Gasteiger partial charge in [0, 0.05) is 30.1 Å². The highest BCUT2D eigenvalue weighted by molar-refractivity contribution is 7.91. The molecule has 2 atom stereocenters. The van der Waals surface area contributed by atoms with Gasteiger partial charge in [0.2, 0.25) is 0 Å². The van der Waals surface area contributed by atoms with Crippen LogP contribution in [0.5, 0.6) is 0 Å². The monoisotopic (exact) mass is 288 g/mol. The van der Waals surface area contributed by atoms with E-state index in [0.717, 1.165) is 11.3 Å². The van der Waals surface area contributed by atoms with Crippen LogP contribution < -0.4 is 5.32 Å². The molecular weight excluding hydrogens is 268 g/mol. The minimum Gasteiger partial charge on any atom is -0.309 e. The van der Waals surface area contributed by atoms with Crippen LogP contribution in [-0.4, -0.2) is 37.9 Å². The largest absolute Gasteiger partial charge is 0.309 e.